The molecule has 2 rings (SSSR count). The molecule has 0 aromatic heterocycles. The highest BCUT2D eigenvalue weighted by Gasteiger charge is 2.28. The highest BCUT2D eigenvalue weighted by molar-refractivity contribution is 6.11. The maximum absolute atomic E-state index is 8.91. The van der Waals surface area contributed by atoms with Gasteiger partial charge < -0.3 is 10.3 Å². The lowest BCUT2D eigenvalue weighted by Gasteiger charge is -2.16. The first-order valence-electron chi connectivity index (χ1n) is 5.85. The number of hydrogen-bond donors (Lipinski definition) is 0. The predicted molar refractivity (Wildman–Crippen MR) is 71.0 cm³/mol. The van der Waals surface area contributed by atoms with Crippen molar-refractivity contribution in [3.8, 4) is 0 Å². The molecule has 1 aromatic rings. The van der Waals surface area contributed by atoms with Gasteiger partial charge in [0.05, 0.1) is 19.2 Å². The largest absolute Gasteiger partial charge is 0.490 e. The molecule has 0 fully saturated rings. The van der Waals surface area contributed by atoms with E-state index in [9.17, 15) is 0 Å². The minimum atomic E-state index is 0.204. The van der Waals surface area contributed by atoms with E-state index in [1.165, 1.54) is 0 Å². The van der Waals surface area contributed by atoms with E-state index in [0.717, 1.165) is 11.4 Å². The molecular formula is C14H15N3O. The van der Waals surface area contributed by atoms with Crippen LogP contribution in [0.5, 0.6) is 0 Å². The van der Waals surface area contributed by atoms with Gasteiger partial charge in [0.15, 0.2) is 0 Å². The van der Waals surface area contributed by atoms with Crippen LogP contribution >= 0.6 is 0 Å². The summed E-state index contributed by atoms with van der Waals surface area (Å²) >= 11 is 0. The molecule has 4 nitrogen and oxygen atoms in total. The molecular weight excluding hydrogens is 226 g/mol. The van der Waals surface area contributed by atoms with E-state index >= 15 is 0 Å². The van der Waals surface area contributed by atoms with Gasteiger partial charge in [-0.1, -0.05) is 25.1 Å². The molecule has 1 atom stereocenters. The average molecular weight is 241 g/mol. The van der Waals surface area contributed by atoms with Gasteiger partial charge in [0, 0.05) is 17.7 Å². The Morgan fingerprint density at radius 1 is 1.33 bits per heavy atom. The molecule has 4 heteroatoms. The number of methoxy groups -OCH3 is 1. The Hall–Kier alpha value is -2.19. The van der Waals surface area contributed by atoms with Crippen molar-refractivity contribution in [2.24, 2.45) is 10.9 Å². The van der Waals surface area contributed by atoms with Crippen LogP contribution in [-0.4, -0.2) is 23.3 Å². The van der Waals surface area contributed by atoms with E-state index in [-0.39, 0.29) is 5.92 Å². The molecule has 0 radical (unpaired) electrons. The number of para-hydroxylation sites is 1. The van der Waals surface area contributed by atoms with E-state index in [0.29, 0.717) is 17.9 Å². The Labute approximate surface area is 106 Å². The molecule has 1 unspecified atom stereocenters. The maximum atomic E-state index is 8.91. The quantitative estimate of drug-likeness (QED) is 0.580. The third-order valence-electron chi connectivity index (χ3n) is 2.92. The van der Waals surface area contributed by atoms with Crippen molar-refractivity contribution in [1.82, 2.24) is 0 Å². The van der Waals surface area contributed by atoms with Crippen LogP contribution in [0.3, 0.4) is 0 Å². The molecule has 0 spiro atoms. The molecule has 18 heavy (non-hydrogen) atoms. The second-order valence-electron chi connectivity index (χ2n) is 4.24. The summed E-state index contributed by atoms with van der Waals surface area (Å²) in [5.74, 6) is 0.778. The monoisotopic (exact) mass is 241 g/mol. The lowest BCUT2D eigenvalue weighted by atomic mass is 9.91. The second-order valence-corrected chi connectivity index (χ2v) is 4.24. The van der Waals surface area contributed by atoms with E-state index in [1.54, 1.807) is 7.11 Å². The molecule has 1 aromatic carbocycles. The Morgan fingerprint density at radius 2 is 2.06 bits per heavy atom. The third kappa shape index (κ3) is 2.55. The lowest BCUT2D eigenvalue weighted by Crippen LogP contribution is -2.23. The van der Waals surface area contributed by atoms with Crippen LogP contribution in [0.1, 0.15) is 13.3 Å². The summed E-state index contributed by atoms with van der Waals surface area (Å²) in [6, 6.07) is 9.77. The minimum absolute atomic E-state index is 0.204. The van der Waals surface area contributed by atoms with Crippen molar-refractivity contribution < 1.29 is 9.53 Å². The van der Waals surface area contributed by atoms with Crippen LogP contribution in [0.4, 0.5) is 5.69 Å². The summed E-state index contributed by atoms with van der Waals surface area (Å²) in [6.45, 7) is 2.05. The number of hydrogen-bond acceptors (Lipinski definition) is 2. The summed E-state index contributed by atoms with van der Waals surface area (Å²) < 4.78 is 5.20. The Morgan fingerprint density at radius 3 is 2.67 bits per heavy atom. The molecule has 0 amide bonds. The second kappa shape index (κ2) is 5.43. The summed E-state index contributed by atoms with van der Waals surface area (Å²) in [5, 5.41) is 0. The van der Waals surface area contributed by atoms with E-state index in [4.69, 9.17) is 10.3 Å². The fourth-order valence-corrected chi connectivity index (χ4v) is 1.92. The van der Waals surface area contributed by atoms with Crippen molar-refractivity contribution in [1.29, 1.82) is 0 Å². The van der Waals surface area contributed by atoms with Gasteiger partial charge in [-0.2, -0.15) is 4.79 Å². The van der Waals surface area contributed by atoms with E-state index in [1.807, 2.05) is 36.4 Å². The van der Waals surface area contributed by atoms with Crippen LogP contribution < -0.4 is 0 Å². The van der Waals surface area contributed by atoms with Gasteiger partial charge in [0.1, 0.15) is 0 Å². The highest BCUT2D eigenvalue weighted by Crippen LogP contribution is 2.22. The van der Waals surface area contributed by atoms with Crippen molar-refractivity contribution in [2.45, 2.75) is 13.3 Å². The zero-order valence-corrected chi connectivity index (χ0v) is 10.5. The zero-order chi connectivity index (χ0) is 13.0. The molecule has 0 saturated carbocycles. The van der Waals surface area contributed by atoms with Crippen molar-refractivity contribution in [3.63, 3.8) is 0 Å². The summed E-state index contributed by atoms with van der Waals surface area (Å²) in [6.07, 6.45) is 2.46. The normalized spacial score (nSPS) is 21.4. The topological polar surface area (TPSA) is 58.0 Å². The Bertz CT molecular complexity index is 539. The average Bonchev–Trinajstić information content (AvgIpc) is 2.41. The summed E-state index contributed by atoms with van der Waals surface area (Å²) in [5.41, 5.74) is 11.3. The van der Waals surface area contributed by atoms with Crippen LogP contribution in [0.15, 0.2) is 47.2 Å². The summed E-state index contributed by atoms with van der Waals surface area (Å²) in [7, 11) is 1.56. The van der Waals surface area contributed by atoms with E-state index < -0.39 is 0 Å². The number of rotatable bonds is 2. The van der Waals surface area contributed by atoms with Gasteiger partial charge in [-0.05, 0) is 12.1 Å². The fourth-order valence-electron chi connectivity index (χ4n) is 1.92. The molecule has 1 aliphatic rings. The van der Waals surface area contributed by atoms with Crippen LogP contribution in [0, 0.1) is 5.92 Å². The fraction of sp³-hybridized carbons (Fsp3) is 0.286. The number of ether oxygens (including phenoxy) is 1. The molecule has 0 heterocycles. The molecule has 92 valence electrons. The number of aliphatic imine (C=N–C) groups is 1. The molecule has 0 bridgehead atoms. The Kier molecular flexibility index (Phi) is 3.70. The van der Waals surface area contributed by atoms with Crippen LogP contribution in [0.2, 0.25) is 0 Å². The van der Waals surface area contributed by atoms with Crippen LogP contribution in [0.25, 0.3) is 5.53 Å². The zero-order valence-electron chi connectivity index (χ0n) is 10.5. The van der Waals surface area contributed by atoms with Crippen molar-refractivity contribution >= 4 is 17.1 Å². The maximum Gasteiger partial charge on any atom is 0.334 e. The highest BCUT2D eigenvalue weighted by atomic mass is 16.5. The standard InChI is InChI=1S/C14H15N3O/c1-10-8-13(17-15)14(18-2)9-12(10)16-11-6-4-3-5-7-11/h3-7,9-10H,8H2,1-2H3. The molecule has 0 saturated heterocycles. The third-order valence-corrected chi connectivity index (χ3v) is 2.92. The van der Waals surface area contributed by atoms with E-state index in [2.05, 4.69) is 16.7 Å². The molecule has 1 aliphatic carbocycles. The van der Waals surface area contributed by atoms with Gasteiger partial charge in [0.2, 0.25) is 5.76 Å². The van der Waals surface area contributed by atoms with Gasteiger partial charge in [-0.15, -0.1) is 0 Å². The number of nitrogens with zero attached hydrogens (tertiary/aromatic N) is 3. The lowest BCUT2D eigenvalue weighted by molar-refractivity contribution is -0.0126. The Balaban J connectivity index is 2.39. The summed E-state index contributed by atoms with van der Waals surface area (Å²) in [4.78, 5) is 7.85. The van der Waals surface area contributed by atoms with Crippen molar-refractivity contribution in [2.75, 3.05) is 7.11 Å². The van der Waals surface area contributed by atoms with Crippen LogP contribution in [-0.2, 0) is 4.74 Å². The van der Waals surface area contributed by atoms with Crippen molar-refractivity contribution in [3.05, 3.63) is 47.7 Å². The first-order chi connectivity index (χ1) is 8.74. The van der Waals surface area contributed by atoms with Gasteiger partial charge in [-0.25, -0.2) is 0 Å². The first kappa shape index (κ1) is 12.3. The SMILES string of the molecule is COC1=CC(=Nc2ccccc2)C(C)CC1=[N+]=[N-]. The van der Waals surface area contributed by atoms with Gasteiger partial charge in [-0.3, -0.25) is 4.99 Å². The number of benzene rings is 1. The van der Waals surface area contributed by atoms with Gasteiger partial charge in [0.25, 0.3) is 0 Å². The molecule has 0 N–H and O–H groups in total. The smallest absolute Gasteiger partial charge is 0.334 e. The predicted octanol–water partition coefficient (Wildman–Crippen LogP) is 3.00. The minimum Gasteiger partial charge on any atom is -0.490 e. The number of allylic oxidation sites excluding steroid dienone is 2. The first-order valence-corrected chi connectivity index (χ1v) is 5.85. The van der Waals surface area contributed by atoms with Gasteiger partial charge >= 0.3 is 5.71 Å². The molecule has 0 aliphatic heterocycles.